The maximum atomic E-state index is 6.50. The highest BCUT2D eigenvalue weighted by atomic mass is 16.5. The zero-order valence-corrected chi connectivity index (χ0v) is 30.7. The summed E-state index contributed by atoms with van der Waals surface area (Å²) in [4.78, 5) is 0. The molecule has 0 aliphatic heterocycles. The van der Waals surface area contributed by atoms with Crippen molar-refractivity contribution in [3.8, 4) is 23.0 Å². The molecule has 1 aliphatic rings. The van der Waals surface area contributed by atoms with Crippen LogP contribution in [-0.4, -0.2) is 35.6 Å². The molecule has 0 spiro atoms. The number of fused-ring (bicyclic) bond motifs is 6. The van der Waals surface area contributed by atoms with Gasteiger partial charge in [-0.15, -0.1) is 13.2 Å². The van der Waals surface area contributed by atoms with E-state index in [2.05, 4.69) is 109 Å². The predicted molar refractivity (Wildman–Crippen MR) is 222 cm³/mol. The molecule has 0 bridgehead atoms. The fraction of sp³-hybridized carbons (Fsp3) is 0.167. The Morgan fingerprint density at radius 2 is 0.852 bits per heavy atom. The van der Waals surface area contributed by atoms with Crippen molar-refractivity contribution in [1.29, 1.82) is 0 Å². The van der Waals surface area contributed by atoms with E-state index in [0.717, 1.165) is 67.3 Å². The number of allylic oxidation sites excluding steroid dienone is 2. The lowest BCUT2D eigenvalue weighted by atomic mass is 9.71. The molecule has 2 aromatic heterocycles. The van der Waals surface area contributed by atoms with Gasteiger partial charge in [0.15, 0.2) is 0 Å². The van der Waals surface area contributed by atoms with Crippen molar-refractivity contribution in [3.05, 3.63) is 195 Å². The van der Waals surface area contributed by atoms with Crippen LogP contribution in [0.1, 0.15) is 45.5 Å². The monoisotopic (exact) mass is 714 g/mol. The Morgan fingerprint density at radius 3 is 1.24 bits per heavy atom. The Balaban J connectivity index is 1.68. The number of para-hydroxylation sites is 2. The Hall–Kier alpha value is -6.40. The van der Waals surface area contributed by atoms with Gasteiger partial charge < -0.3 is 28.1 Å². The Morgan fingerprint density at radius 1 is 0.463 bits per heavy atom. The van der Waals surface area contributed by atoms with E-state index in [1.54, 1.807) is 24.3 Å². The minimum atomic E-state index is -0.278. The smallest absolute Gasteiger partial charge is 0.124 e. The summed E-state index contributed by atoms with van der Waals surface area (Å²) in [7, 11) is 0. The summed E-state index contributed by atoms with van der Waals surface area (Å²) in [5.74, 6) is 2.42. The van der Waals surface area contributed by atoms with Crippen molar-refractivity contribution >= 4 is 21.8 Å². The summed E-state index contributed by atoms with van der Waals surface area (Å²) in [6, 6.07) is 29.4. The topological polar surface area (TPSA) is 46.8 Å². The first-order valence-corrected chi connectivity index (χ1v) is 18.3. The fourth-order valence-electron chi connectivity index (χ4n) is 8.01. The first-order valence-electron chi connectivity index (χ1n) is 18.3. The van der Waals surface area contributed by atoms with Crippen LogP contribution < -0.4 is 18.9 Å². The van der Waals surface area contributed by atoms with Gasteiger partial charge >= 0.3 is 0 Å². The highest BCUT2D eigenvalue weighted by Gasteiger charge is 2.44. The van der Waals surface area contributed by atoms with Crippen LogP contribution in [0, 0.1) is 0 Å². The van der Waals surface area contributed by atoms with Gasteiger partial charge in [0, 0.05) is 57.4 Å². The third-order valence-corrected chi connectivity index (χ3v) is 9.88. The van der Waals surface area contributed by atoms with Gasteiger partial charge in [0.2, 0.25) is 0 Å². The summed E-state index contributed by atoms with van der Waals surface area (Å²) < 4.78 is 30.2. The second-order valence-corrected chi connectivity index (χ2v) is 13.1. The van der Waals surface area contributed by atoms with Crippen LogP contribution in [0.4, 0.5) is 0 Å². The lowest BCUT2D eigenvalue weighted by molar-refractivity contribution is 0.347. The van der Waals surface area contributed by atoms with Gasteiger partial charge in [-0.05, 0) is 59.7 Å². The van der Waals surface area contributed by atoms with Gasteiger partial charge in [-0.2, -0.15) is 0 Å². The van der Waals surface area contributed by atoms with E-state index >= 15 is 0 Å². The van der Waals surface area contributed by atoms with Crippen molar-refractivity contribution in [1.82, 2.24) is 9.13 Å². The van der Waals surface area contributed by atoms with Gasteiger partial charge in [-0.25, -0.2) is 0 Å². The van der Waals surface area contributed by atoms with Gasteiger partial charge in [0.25, 0.3) is 0 Å². The van der Waals surface area contributed by atoms with E-state index in [-0.39, 0.29) is 11.8 Å². The van der Waals surface area contributed by atoms with Crippen LogP contribution in [0.3, 0.4) is 0 Å². The van der Waals surface area contributed by atoms with Crippen molar-refractivity contribution in [2.75, 3.05) is 26.4 Å². The third kappa shape index (κ3) is 6.34. The highest BCUT2D eigenvalue weighted by molar-refractivity contribution is 5.94. The second kappa shape index (κ2) is 16.1. The Labute approximate surface area is 317 Å². The first kappa shape index (κ1) is 36.0. The molecule has 2 unspecified atom stereocenters. The molecule has 6 aromatic rings. The molecule has 1 aliphatic carbocycles. The average molecular weight is 715 g/mol. The quantitative estimate of drug-likeness (QED) is 0.0831. The molecule has 4 aromatic carbocycles. The molecule has 2 atom stereocenters. The van der Waals surface area contributed by atoms with Gasteiger partial charge in [-0.1, -0.05) is 99.2 Å². The molecule has 0 fully saturated rings. The molecular formula is C48H46N2O4. The lowest BCUT2D eigenvalue weighted by Crippen LogP contribution is -2.24. The second-order valence-electron chi connectivity index (χ2n) is 13.1. The standard InChI is InChI=1S/C48H46N2O4/c1-7-25-49-39-19-15-13-17-35(39)43-46(38-32-34(52-28-10-4)22-24-42(38)54-30-12-6)48-44(36-18-14-16-20-40(36)50(48)26-8-2)45(47(43)49)37-31-33(51-27-9-3)21-23-41(37)53-29-11-5/h7-24,31-32,45-46H,1-6,25-30H2. The molecule has 0 radical (unpaired) electrons. The number of hydrogen-bond acceptors (Lipinski definition) is 4. The average Bonchev–Trinajstić information content (AvgIpc) is 3.70. The number of benzene rings is 4. The van der Waals surface area contributed by atoms with E-state index in [9.17, 15) is 0 Å². The van der Waals surface area contributed by atoms with Crippen LogP contribution in [-0.2, 0) is 13.1 Å². The minimum absolute atomic E-state index is 0.278. The molecule has 0 amide bonds. The Bertz CT molecular complexity index is 2220. The Kier molecular flexibility index (Phi) is 10.7. The molecule has 0 saturated carbocycles. The molecule has 272 valence electrons. The van der Waals surface area contributed by atoms with E-state index in [4.69, 9.17) is 18.9 Å². The lowest BCUT2D eigenvalue weighted by Gasteiger charge is -2.35. The van der Waals surface area contributed by atoms with E-state index in [1.165, 1.54) is 11.1 Å². The van der Waals surface area contributed by atoms with Gasteiger partial charge in [0.05, 0.1) is 11.8 Å². The van der Waals surface area contributed by atoms with E-state index in [1.807, 2.05) is 36.4 Å². The number of aromatic nitrogens is 2. The molecule has 6 heteroatoms. The molecule has 0 saturated heterocycles. The van der Waals surface area contributed by atoms with Crippen LogP contribution >= 0.6 is 0 Å². The molecule has 2 heterocycles. The largest absolute Gasteiger partial charge is 0.490 e. The zero-order chi connectivity index (χ0) is 37.6. The fourth-order valence-corrected chi connectivity index (χ4v) is 8.01. The highest BCUT2D eigenvalue weighted by Crippen LogP contribution is 2.57. The molecule has 7 rings (SSSR count). The normalized spacial score (nSPS) is 14.4. The van der Waals surface area contributed by atoms with Crippen molar-refractivity contribution in [3.63, 3.8) is 0 Å². The number of ether oxygens (including phenoxy) is 4. The maximum absolute atomic E-state index is 6.50. The molecule has 6 nitrogen and oxygen atoms in total. The first-order chi connectivity index (χ1) is 26.6. The van der Waals surface area contributed by atoms with Crippen molar-refractivity contribution in [2.24, 2.45) is 0 Å². The SMILES string of the molecule is C=CCOc1ccc(OCC=C)c(C2c3c(n(CC=C)c4ccccc34)C(c3cc(OCC=C)ccc3OCC=C)c3c2n(CC=C)c2ccccc32)c1. The van der Waals surface area contributed by atoms with Crippen LogP contribution in [0.2, 0.25) is 0 Å². The van der Waals surface area contributed by atoms with Crippen LogP contribution in [0.15, 0.2) is 161 Å². The van der Waals surface area contributed by atoms with Crippen molar-refractivity contribution in [2.45, 2.75) is 24.9 Å². The van der Waals surface area contributed by atoms with Gasteiger partial charge in [-0.3, -0.25) is 0 Å². The van der Waals surface area contributed by atoms with E-state index in [0.29, 0.717) is 39.5 Å². The van der Waals surface area contributed by atoms with Crippen molar-refractivity contribution < 1.29 is 18.9 Å². The van der Waals surface area contributed by atoms with Gasteiger partial charge in [0.1, 0.15) is 49.4 Å². The summed E-state index contributed by atoms with van der Waals surface area (Å²) in [6.45, 7) is 26.8. The number of nitrogens with zero attached hydrogens (tertiary/aromatic N) is 2. The molecular weight excluding hydrogens is 669 g/mol. The number of rotatable bonds is 18. The molecule has 54 heavy (non-hydrogen) atoms. The molecule has 0 N–H and O–H groups in total. The van der Waals surface area contributed by atoms with Crippen LogP contribution in [0.5, 0.6) is 23.0 Å². The third-order valence-electron chi connectivity index (χ3n) is 9.88. The summed E-state index contributed by atoms with van der Waals surface area (Å²) in [6.07, 6.45) is 11.0. The zero-order valence-electron chi connectivity index (χ0n) is 30.7. The van der Waals surface area contributed by atoms with Crippen LogP contribution in [0.25, 0.3) is 21.8 Å². The number of hydrogen-bond donors (Lipinski definition) is 0. The minimum Gasteiger partial charge on any atom is -0.490 e. The predicted octanol–water partition coefficient (Wildman–Crippen LogP) is 10.9. The summed E-state index contributed by atoms with van der Waals surface area (Å²) in [5, 5.41) is 2.29. The summed E-state index contributed by atoms with van der Waals surface area (Å²) >= 11 is 0. The van der Waals surface area contributed by atoms with E-state index < -0.39 is 0 Å². The summed E-state index contributed by atoms with van der Waals surface area (Å²) in [5.41, 5.74) is 8.84. The maximum Gasteiger partial charge on any atom is 0.124 e.